The molecule has 0 saturated carbocycles. The molecule has 0 bridgehead atoms. The van der Waals surface area contributed by atoms with Crippen LogP contribution < -0.4 is 5.32 Å². The SMILES string of the molecule is CCC[C@H](C)NC(=O)CSc1ccccc1. The summed E-state index contributed by atoms with van der Waals surface area (Å²) < 4.78 is 0. The molecule has 1 aromatic carbocycles. The van der Waals surface area contributed by atoms with E-state index in [0.29, 0.717) is 5.75 Å². The summed E-state index contributed by atoms with van der Waals surface area (Å²) >= 11 is 1.58. The van der Waals surface area contributed by atoms with Crippen LogP contribution in [0.3, 0.4) is 0 Å². The summed E-state index contributed by atoms with van der Waals surface area (Å²) in [6, 6.07) is 10.3. The fourth-order valence-corrected chi connectivity index (χ4v) is 2.22. The molecule has 0 aliphatic rings. The maximum absolute atomic E-state index is 11.6. The summed E-state index contributed by atoms with van der Waals surface area (Å²) in [5.74, 6) is 0.618. The maximum atomic E-state index is 11.6. The molecule has 2 nitrogen and oxygen atoms in total. The van der Waals surface area contributed by atoms with Crippen molar-refractivity contribution in [2.45, 2.75) is 37.6 Å². The molecule has 0 spiro atoms. The minimum Gasteiger partial charge on any atom is -0.353 e. The molecule has 0 aliphatic carbocycles. The minimum atomic E-state index is 0.120. The van der Waals surface area contributed by atoms with E-state index in [1.807, 2.05) is 30.3 Å². The largest absolute Gasteiger partial charge is 0.353 e. The maximum Gasteiger partial charge on any atom is 0.230 e. The summed E-state index contributed by atoms with van der Waals surface area (Å²) in [6.45, 7) is 4.18. The summed E-state index contributed by atoms with van der Waals surface area (Å²) in [6.07, 6.45) is 2.15. The lowest BCUT2D eigenvalue weighted by Crippen LogP contribution is -2.33. The molecule has 88 valence electrons. The van der Waals surface area contributed by atoms with Crippen LogP contribution in [0.25, 0.3) is 0 Å². The predicted octanol–water partition coefficient (Wildman–Crippen LogP) is 3.08. The number of rotatable bonds is 6. The Hall–Kier alpha value is -0.960. The molecule has 1 aromatic rings. The fraction of sp³-hybridized carbons (Fsp3) is 0.462. The van der Waals surface area contributed by atoms with Crippen LogP contribution in [0.4, 0.5) is 0 Å². The lowest BCUT2D eigenvalue weighted by atomic mass is 10.2. The Morgan fingerprint density at radius 1 is 1.38 bits per heavy atom. The van der Waals surface area contributed by atoms with Gasteiger partial charge in [0.25, 0.3) is 0 Å². The third kappa shape index (κ3) is 5.21. The second-order valence-corrected chi connectivity index (χ2v) is 4.91. The van der Waals surface area contributed by atoms with Gasteiger partial charge >= 0.3 is 0 Å². The second kappa shape index (κ2) is 7.34. The predicted molar refractivity (Wildman–Crippen MR) is 69.7 cm³/mol. The van der Waals surface area contributed by atoms with Crippen molar-refractivity contribution in [1.82, 2.24) is 5.32 Å². The highest BCUT2D eigenvalue weighted by molar-refractivity contribution is 8.00. The van der Waals surface area contributed by atoms with E-state index in [1.165, 1.54) is 0 Å². The van der Waals surface area contributed by atoms with Crippen LogP contribution in [0.5, 0.6) is 0 Å². The molecule has 1 atom stereocenters. The molecule has 0 saturated heterocycles. The highest BCUT2D eigenvalue weighted by atomic mass is 32.2. The third-order valence-electron chi connectivity index (χ3n) is 2.24. The first-order valence-electron chi connectivity index (χ1n) is 5.69. The first-order chi connectivity index (χ1) is 7.72. The Balaban J connectivity index is 2.25. The Morgan fingerprint density at radius 2 is 2.06 bits per heavy atom. The fourth-order valence-electron chi connectivity index (χ4n) is 1.49. The third-order valence-corrected chi connectivity index (χ3v) is 3.25. The summed E-state index contributed by atoms with van der Waals surface area (Å²) in [5, 5.41) is 2.99. The average Bonchev–Trinajstić information content (AvgIpc) is 2.28. The van der Waals surface area contributed by atoms with Crippen LogP contribution in [0.1, 0.15) is 26.7 Å². The number of carbonyl (C=O) groups excluding carboxylic acids is 1. The van der Waals surface area contributed by atoms with Crippen molar-refractivity contribution in [3.8, 4) is 0 Å². The van der Waals surface area contributed by atoms with E-state index >= 15 is 0 Å². The van der Waals surface area contributed by atoms with Crippen LogP contribution in [0, 0.1) is 0 Å². The zero-order chi connectivity index (χ0) is 11.8. The van der Waals surface area contributed by atoms with Gasteiger partial charge in [0.05, 0.1) is 5.75 Å². The van der Waals surface area contributed by atoms with Gasteiger partial charge in [0.2, 0.25) is 5.91 Å². The molecule has 3 heteroatoms. The van der Waals surface area contributed by atoms with Crippen molar-refractivity contribution in [2.24, 2.45) is 0 Å². The van der Waals surface area contributed by atoms with E-state index in [2.05, 4.69) is 19.2 Å². The lowest BCUT2D eigenvalue weighted by Gasteiger charge is -2.12. The van der Waals surface area contributed by atoms with Crippen LogP contribution in [0.2, 0.25) is 0 Å². The normalized spacial score (nSPS) is 12.1. The van der Waals surface area contributed by atoms with Crippen molar-refractivity contribution in [2.75, 3.05) is 5.75 Å². The van der Waals surface area contributed by atoms with Gasteiger partial charge in [-0.15, -0.1) is 11.8 Å². The Bertz CT molecular complexity index is 313. The van der Waals surface area contributed by atoms with Crippen molar-refractivity contribution < 1.29 is 4.79 Å². The highest BCUT2D eigenvalue weighted by Crippen LogP contribution is 2.16. The molecule has 1 N–H and O–H groups in total. The zero-order valence-corrected chi connectivity index (χ0v) is 10.7. The van der Waals surface area contributed by atoms with Gasteiger partial charge in [-0.1, -0.05) is 31.5 Å². The van der Waals surface area contributed by atoms with E-state index in [-0.39, 0.29) is 11.9 Å². The Labute approximate surface area is 102 Å². The summed E-state index contributed by atoms with van der Waals surface area (Å²) in [7, 11) is 0. The average molecular weight is 237 g/mol. The summed E-state index contributed by atoms with van der Waals surface area (Å²) in [5.41, 5.74) is 0. The van der Waals surface area contributed by atoms with Gasteiger partial charge in [-0.3, -0.25) is 4.79 Å². The molecule has 16 heavy (non-hydrogen) atoms. The van der Waals surface area contributed by atoms with Crippen molar-refractivity contribution in [1.29, 1.82) is 0 Å². The molecule has 1 rings (SSSR count). The van der Waals surface area contributed by atoms with Gasteiger partial charge in [0.15, 0.2) is 0 Å². The van der Waals surface area contributed by atoms with E-state index in [1.54, 1.807) is 11.8 Å². The molecule has 0 heterocycles. The highest BCUT2D eigenvalue weighted by Gasteiger charge is 2.06. The molecule has 0 fully saturated rings. The number of amides is 1. The van der Waals surface area contributed by atoms with Gasteiger partial charge in [-0.2, -0.15) is 0 Å². The monoisotopic (exact) mass is 237 g/mol. The second-order valence-electron chi connectivity index (χ2n) is 3.86. The van der Waals surface area contributed by atoms with Crippen LogP contribution in [-0.2, 0) is 4.79 Å². The topological polar surface area (TPSA) is 29.1 Å². The molecular formula is C13H19NOS. The Morgan fingerprint density at radius 3 is 2.69 bits per heavy atom. The van der Waals surface area contributed by atoms with E-state index in [9.17, 15) is 4.79 Å². The van der Waals surface area contributed by atoms with Crippen LogP contribution in [-0.4, -0.2) is 17.7 Å². The lowest BCUT2D eigenvalue weighted by molar-refractivity contribution is -0.119. The molecule has 0 aliphatic heterocycles. The zero-order valence-electron chi connectivity index (χ0n) is 9.90. The van der Waals surface area contributed by atoms with Gasteiger partial charge in [0.1, 0.15) is 0 Å². The van der Waals surface area contributed by atoms with Crippen molar-refractivity contribution in [3.63, 3.8) is 0 Å². The van der Waals surface area contributed by atoms with Gasteiger partial charge in [-0.25, -0.2) is 0 Å². The van der Waals surface area contributed by atoms with E-state index in [0.717, 1.165) is 17.7 Å². The van der Waals surface area contributed by atoms with Crippen LogP contribution >= 0.6 is 11.8 Å². The number of thioether (sulfide) groups is 1. The quantitative estimate of drug-likeness (QED) is 0.770. The van der Waals surface area contributed by atoms with Crippen LogP contribution in [0.15, 0.2) is 35.2 Å². The van der Waals surface area contributed by atoms with Crippen molar-refractivity contribution in [3.05, 3.63) is 30.3 Å². The number of hydrogen-bond acceptors (Lipinski definition) is 2. The summed E-state index contributed by atoms with van der Waals surface area (Å²) in [4.78, 5) is 12.7. The minimum absolute atomic E-state index is 0.120. The number of carbonyl (C=O) groups is 1. The smallest absolute Gasteiger partial charge is 0.230 e. The Kier molecular flexibility index (Phi) is 6.01. The van der Waals surface area contributed by atoms with Gasteiger partial charge in [-0.05, 0) is 25.5 Å². The van der Waals surface area contributed by atoms with E-state index in [4.69, 9.17) is 0 Å². The standard InChI is InChI=1S/C13H19NOS/c1-3-7-11(2)14-13(15)10-16-12-8-5-4-6-9-12/h4-6,8-9,11H,3,7,10H2,1-2H3,(H,14,15)/t11-/m0/s1. The molecular weight excluding hydrogens is 218 g/mol. The van der Waals surface area contributed by atoms with Gasteiger partial charge in [0, 0.05) is 10.9 Å². The number of nitrogens with one attached hydrogen (secondary N) is 1. The number of hydrogen-bond donors (Lipinski definition) is 1. The van der Waals surface area contributed by atoms with Crippen molar-refractivity contribution >= 4 is 17.7 Å². The molecule has 0 unspecified atom stereocenters. The number of benzene rings is 1. The first kappa shape index (κ1) is 13.1. The van der Waals surface area contributed by atoms with E-state index < -0.39 is 0 Å². The molecule has 0 radical (unpaired) electrons. The first-order valence-corrected chi connectivity index (χ1v) is 6.68. The molecule has 1 amide bonds. The van der Waals surface area contributed by atoms with Gasteiger partial charge < -0.3 is 5.32 Å². The molecule has 0 aromatic heterocycles.